The first kappa shape index (κ1) is 17.9. The van der Waals surface area contributed by atoms with Crippen molar-refractivity contribution in [3.63, 3.8) is 0 Å². The number of nitrogens with zero attached hydrogens (tertiary/aromatic N) is 6. The van der Waals surface area contributed by atoms with Crippen LogP contribution in [-0.4, -0.2) is 41.6 Å². The zero-order valence-corrected chi connectivity index (χ0v) is 16.0. The normalized spacial score (nSPS) is 10.8. The van der Waals surface area contributed by atoms with Crippen LogP contribution in [0.5, 0.6) is 0 Å². The molecule has 0 amide bonds. The van der Waals surface area contributed by atoms with Crippen molar-refractivity contribution in [1.82, 2.24) is 35.3 Å². The number of pyridine rings is 1. The predicted octanol–water partition coefficient (Wildman–Crippen LogP) is 2.64. The Morgan fingerprint density at radius 3 is 2.75 bits per heavy atom. The van der Waals surface area contributed by atoms with Gasteiger partial charge in [0, 0.05) is 6.54 Å². The van der Waals surface area contributed by atoms with Crippen molar-refractivity contribution in [2.24, 2.45) is 0 Å². The van der Waals surface area contributed by atoms with Gasteiger partial charge in [0.1, 0.15) is 22.7 Å². The Hall–Kier alpha value is -3.46. The number of nitrogens with one attached hydrogen (secondary N) is 2. The number of benzene rings is 1. The van der Waals surface area contributed by atoms with Gasteiger partial charge in [0.05, 0.1) is 18.9 Å². The molecule has 0 aliphatic heterocycles. The highest BCUT2D eigenvalue weighted by molar-refractivity contribution is 7.80. The molecule has 0 fully saturated rings. The maximum Gasteiger partial charge on any atom is 0.180 e. The summed E-state index contributed by atoms with van der Waals surface area (Å²) in [6, 6.07) is 13.8. The van der Waals surface area contributed by atoms with Crippen molar-refractivity contribution >= 4 is 34.3 Å². The second-order valence-electron chi connectivity index (χ2n) is 6.07. The van der Waals surface area contributed by atoms with E-state index in [2.05, 4.69) is 35.9 Å². The Kier molecular flexibility index (Phi) is 5.16. The van der Waals surface area contributed by atoms with Crippen LogP contribution in [0.25, 0.3) is 22.6 Å². The first-order chi connectivity index (χ1) is 13.7. The Balaban J connectivity index is 1.57. The molecular weight excluding hydrogens is 372 g/mol. The lowest BCUT2D eigenvalue weighted by molar-refractivity contribution is 0.650. The number of anilines is 1. The third-order valence-electron chi connectivity index (χ3n) is 3.97. The summed E-state index contributed by atoms with van der Waals surface area (Å²) in [5.41, 5.74) is 3.62. The molecule has 4 aromatic rings. The molecule has 140 valence electrons. The standard InChI is InChI=1S/C19H18N8S/c1-2-20-19(28)24-17-9-8-14-18(23-17)22-15(10-21-14)16-12-27(26-25-16)11-13-6-4-3-5-7-13/h3-10,12H,2,11H2,1H3,(H2,20,22,23,24,28). The lowest BCUT2D eigenvalue weighted by atomic mass is 10.2. The van der Waals surface area contributed by atoms with Crippen molar-refractivity contribution in [2.75, 3.05) is 11.9 Å². The van der Waals surface area contributed by atoms with Crippen molar-refractivity contribution < 1.29 is 0 Å². The second kappa shape index (κ2) is 8.05. The van der Waals surface area contributed by atoms with Gasteiger partial charge in [-0.05, 0) is 36.8 Å². The lowest BCUT2D eigenvalue weighted by Crippen LogP contribution is -2.28. The monoisotopic (exact) mass is 390 g/mol. The van der Waals surface area contributed by atoms with Gasteiger partial charge in [-0.15, -0.1) is 5.10 Å². The van der Waals surface area contributed by atoms with Gasteiger partial charge < -0.3 is 10.6 Å². The van der Waals surface area contributed by atoms with Gasteiger partial charge in [0.25, 0.3) is 0 Å². The molecule has 0 unspecified atom stereocenters. The minimum atomic E-state index is 0.513. The van der Waals surface area contributed by atoms with E-state index in [0.717, 1.165) is 12.1 Å². The van der Waals surface area contributed by atoms with Crippen LogP contribution >= 0.6 is 12.2 Å². The first-order valence-corrected chi connectivity index (χ1v) is 9.25. The van der Waals surface area contributed by atoms with Gasteiger partial charge in [-0.3, -0.25) is 4.98 Å². The maximum atomic E-state index is 5.20. The van der Waals surface area contributed by atoms with Crippen LogP contribution in [0.1, 0.15) is 12.5 Å². The van der Waals surface area contributed by atoms with E-state index in [1.165, 1.54) is 0 Å². The minimum absolute atomic E-state index is 0.513. The fraction of sp³-hybridized carbons (Fsp3) is 0.158. The molecule has 0 atom stereocenters. The minimum Gasteiger partial charge on any atom is -0.363 e. The third kappa shape index (κ3) is 4.09. The summed E-state index contributed by atoms with van der Waals surface area (Å²) in [5, 5.41) is 15.0. The molecule has 9 heteroatoms. The smallest absolute Gasteiger partial charge is 0.180 e. The van der Waals surface area contributed by atoms with Crippen molar-refractivity contribution in [1.29, 1.82) is 0 Å². The van der Waals surface area contributed by atoms with Gasteiger partial charge in [-0.2, -0.15) is 0 Å². The van der Waals surface area contributed by atoms with Crippen LogP contribution in [0.2, 0.25) is 0 Å². The van der Waals surface area contributed by atoms with Crippen LogP contribution in [0.3, 0.4) is 0 Å². The molecule has 0 bridgehead atoms. The molecule has 8 nitrogen and oxygen atoms in total. The Morgan fingerprint density at radius 1 is 1.07 bits per heavy atom. The van der Waals surface area contributed by atoms with Crippen molar-refractivity contribution in [3.05, 3.63) is 60.4 Å². The zero-order valence-electron chi connectivity index (χ0n) is 15.2. The quantitative estimate of drug-likeness (QED) is 0.503. The van der Waals surface area contributed by atoms with Crippen molar-refractivity contribution in [2.45, 2.75) is 13.5 Å². The molecule has 3 aromatic heterocycles. The number of thiocarbonyl (C=S) groups is 1. The first-order valence-electron chi connectivity index (χ1n) is 8.84. The summed E-state index contributed by atoms with van der Waals surface area (Å²) >= 11 is 5.20. The van der Waals surface area contributed by atoms with E-state index in [-0.39, 0.29) is 0 Å². The highest BCUT2D eigenvalue weighted by Gasteiger charge is 2.09. The van der Waals surface area contributed by atoms with Gasteiger partial charge in [-0.25, -0.2) is 14.6 Å². The predicted molar refractivity (Wildman–Crippen MR) is 112 cm³/mol. The van der Waals surface area contributed by atoms with E-state index < -0.39 is 0 Å². The fourth-order valence-corrected chi connectivity index (χ4v) is 2.92. The van der Waals surface area contributed by atoms with Crippen LogP contribution in [0.4, 0.5) is 5.82 Å². The number of hydrogen-bond acceptors (Lipinski definition) is 6. The Labute approximate surface area is 167 Å². The van der Waals surface area contributed by atoms with Crippen LogP contribution in [-0.2, 0) is 6.54 Å². The molecule has 2 N–H and O–H groups in total. The molecule has 0 aliphatic rings. The third-order valence-corrected chi connectivity index (χ3v) is 4.22. The molecule has 4 rings (SSSR count). The maximum absolute atomic E-state index is 5.20. The molecule has 3 heterocycles. The average Bonchev–Trinajstić information content (AvgIpc) is 3.17. The molecule has 0 radical (unpaired) electrons. The summed E-state index contributed by atoms with van der Waals surface area (Å²) in [6.45, 7) is 3.36. The molecule has 0 spiro atoms. The SMILES string of the molecule is CCNC(=S)Nc1ccc2ncc(-c3cn(Cc4ccccc4)nn3)nc2n1. The largest absolute Gasteiger partial charge is 0.363 e. The molecule has 1 aromatic carbocycles. The number of aromatic nitrogens is 6. The van der Waals surface area contributed by atoms with E-state index >= 15 is 0 Å². The number of rotatable bonds is 5. The number of hydrogen-bond donors (Lipinski definition) is 2. The second-order valence-corrected chi connectivity index (χ2v) is 6.47. The summed E-state index contributed by atoms with van der Waals surface area (Å²) in [5.74, 6) is 0.609. The Morgan fingerprint density at radius 2 is 1.93 bits per heavy atom. The summed E-state index contributed by atoms with van der Waals surface area (Å²) in [7, 11) is 0. The topological polar surface area (TPSA) is 93.4 Å². The van der Waals surface area contributed by atoms with Gasteiger partial charge in [0.15, 0.2) is 10.8 Å². The van der Waals surface area contributed by atoms with Gasteiger partial charge in [-0.1, -0.05) is 35.5 Å². The van der Waals surface area contributed by atoms with Crippen molar-refractivity contribution in [3.8, 4) is 11.4 Å². The highest BCUT2D eigenvalue weighted by Crippen LogP contribution is 2.17. The zero-order chi connectivity index (χ0) is 19.3. The fourth-order valence-electron chi connectivity index (χ4n) is 2.68. The van der Waals surface area contributed by atoms with E-state index in [9.17, 15) is 0 Å². The van der Waals surface area contributed by atoms with Gasteiger partial charge >= 0.3 is 0 Å². The molecule has 28 heavy (non-hydrogen) atoms. The lowest BCUT2D eigenvalue weighted by Gasteiger charge is -2.08. The number of fused-ring (bicyclic) bond motifs is 1. The van der Waals surface area contributed by atoms with Crippen LogP contribution < -0.4 is 10.6 Å². The molecule has 0 saturated heterocycles. The molecule has 0 saturated carbocycles. The Bertz CT molecular complexity index is 1110. The van der Waals surface area contributed by atoms with E-state index in [1.807, 2.05) is 55.6 Å². The van der Waals surface area contributed by atoms with Crippen LogP contribution in [0.15, 0.2) is 54.9 Å². The summed E-state index contributed by atoms with van der Waals surface area (Å²) < 4.78 is 1.77. The van der Waals surface area contributed by atoms with E-state index in [1.54, 1.807) is 10.9 Å². The average molecular weight is 390 g/mol. The van der Waals surface area contributed by atoms with E-state index in [0.29, 0.717) is 40.0 Å². The molecule has 0 aliphatic carbocycles. The van der Waals surface area contributed by atoms with E-state index in [4.69, 9.17) is 12.2 Å². The van der Waals surface area contributed by atoms with Gasteiger partial charge in [0.2, 0.25) is 0 Å². The molecular formula is C19H18N8S. The highest BCUT2D eigenvalue weighted by atomic mass is 32.1. The summed E-state index contributed by atoms with van der Waals surface area (Å²) in [6.07, 6.45) is 3.53. The van der Waals surface area contributed by atoms with Crippen LogP contribution in [0, 0.1) is 0 Å². The summed E-state index contributed by atoms with van der Waals surface area (Å²) in [4.78, 5) is 13.5.